The van der Waals surface area contributed by atoms with Gasteiger partial charge in [-0.05, 0) is 40.4 Å². The number of aromatic nitrogens is 3. The molecule has 1 atom stereocenters. The molecule has 0 aromatic carbocycles. The van der Waals surface area contributed by atoms with Crippen LogP contribution in [-0.4, -0.2) is 32.9 Å². The van der Waals surface area contributed by atoms with E-state index in [1.165, 1.54) is 0 Å². The standard InChI is InChI=1S/C12H22N3O2P/c1-7-8-18(16-10(2)3,17-12(4,5)6)11-9-13-15-14-11/h7-10H,1H2,2-6H3,(H,13,14,15). The first-order valence-electron chi connectivity index (χ1n) is 5.91. The summed E-state index contributed by atoms with van der Waals surface area (Å²) >= 11 is 0. The SMILES string of the molecule is C=CC=P(OC(C)C)(OC(C)(C)C)c1c[nH]nn1. The summed E-state index contributed by atoms with van der Waals surface area (Å²) in [5.74, 6) is 1.86. The van der Waals surface area contributed by atoms with E-state index in [1.807, 2.05) is 40.4 Å². The molecule has 1 N–H and O–H groups in total. The zero-order valence-corrected chi connectivity index (χ0v) is 12.6. The van der Waals surface area contributed by atoms with E-state index in [9.17, 15) is 0 Å². The van der Waals surface area contributed by atoms with Gasteiger partial charge < -0.3 is 9.05 Å². The van der Waals surface area contributed by atoms with Crippen molar-refractivity contribution in [3.63, 3.8) is 0 Å². The average molecular weight is 271 g/mol. The summed E-state index contributed by atoms with van der Waals surface area (Å²) in [4.78, 5) is 0. The van der Waals surface area contributed by atoms with E-state index in [-0.39, 0.29) is 11.7 Å². The molecule has 0 aliphatic heterocycles. The molecular weight excluding hydrogens is 249 g/mol. The number of nitrogens with zero attached hydrogens (tertiary/aromatic N) is 2. The highest BCUT2D eigenvalue weighted by atomic mass is 31.2. The second-order valence-corrected chi connectivity index (χ2v) is 7.52. The molecule has 1 aromatic heterocycles. The molecule has 1 rings (SSSR count). The molecule has 0 fully saturated rings. The lowest BCUT2D eigenvalue weighted by atomic mass is 10.2. The Bertz CT molecular complexity index is 433. The molecule has 0 bridgehead atoms. The number of hydrogen-bond acceptors (Lipinski definition) is 4. The Labute approximate surface area is 109 Å². The summed E-state index contributed by atoms with van der Waals surface area (Å²) in [6, 6.07) is 0. The summed E-state index contributed by atoms with van der Waals surface area (Å²) < 4.78 is 12.2. The van der Waals surface area contributed by atoms with Crippen LogP contribution in [0.25, 0.3) is 0 Å². The maximum absolute atomic E-state index is 6.16. The zero-order valence-electron chi connectivity index (χ0n) is 11.7. The van der Waals surface area contributed by atoms with Crippen LogP contribution in [0.4, 0.5) is 0 Å². The average Bonchev–Trinajstić information content (AvgIpc) is 2.66. The lowest BCUT2D eigenvalue weighted by Crippen LogP contribution is -2.25. The van der Waals surface area contributed by atoms with Crippen LogP contribution in [0.3, 0.4) is 0 Å². The number of nitrogens with one attached hydrogen (secondary N) is 1. The Balaban J connectivity index is 3.28. The van der Waals surface area contributed by atoms with Crippen LogP contribution in [0.5, 0.6) is 0 Å². The number of hydrogen-bond donors (Lipinski definition) is 1. The second-order valence-electron chi connectivity index (χ2n) is 5.17. The molecule has 1 aromatic rings. The highest BCUT2D eigenvalue weighted by Crippen LogP contribution is 2.51. The van der Waals surface area contributed by atoms with Crippen LogP contribution < -0.4 is 5.44 Å². The Morgan fingerprint density at radius 1 is 1.44 bits per heavy atom. The Hall–Kier alpha value is -0.900. The van der Waals surface area contributed by atoms with Gasteiger partial charge in [0.15, 0.2) is 12.8 Å². The van der Waals surface area contributed by atoms with Crippen LogP contribution in [0, 0.1) is 0 Å². The Morgan fingerprint density at radius 3 is 2.50 bits per heavy atom. The normalized spacial score (nSPS) is 15.4. The summed E-state index contributed by atoms with van der Waals surface area (Å²) in [7, 11) is -2.43. The van der Waals surface area contributed by atoms with E-state index in [2.05, 4.69) is 22.0 Å². The minimum Gasteiger partial charge on any atom is -0.330 e. The fraction of sp³-hybridized carbons (Fsp3) is 0.583. The van der Waals surface area contributed by atoms with Gasteiger partial charge in [0.25, 0.3) is 0 Å². The second kappa shape index (κ2) is 5.83. The quantitative estimate of drug-likeness (QED) is 0.836. The molecule has 0 saturated heterocycles. The largest absolute Gasteiger partial charge is 0.330 e. The van der Waals surface area contributed by atoms with E-state index in [4.69, 9.17) is 9.05 Å². The van der Waals surface area contributed by atoms with E-state index >= 15 is 0 Å². The predicted molar refractivity (Wildman–Crippen MR) is 76.3 cm³/mol. The molecular formula is C12H22N3O2P. The van der Waals surface area contributed by atoms with E-state index in [1.54, 1.807) is 12.3 Å². The predicted octanol–water partition coefficient (Wildman–Crippen LogP) is 2.51. The van der Waals surface area contributed by atoms with Gasteiger partial charge in [0.05, 0.1) is 17.9 Å². The van der Waals surface area contributed by atoms with Gasteiger partial charge in [0.1, 0.15) is 0 Å². The van der Waals surface area contributed by atoms with Crippen molar-refractivity contribution in [3.8, 4) is 0 Å². The summed E-state index contributed by atoms with van der Waals surface area (Å²) in [5.41, 5.74) is 0.340. The van der Waals surface area contributed by atoms with Gasteiger partial charge >= 0.3 is 0 Å². The number of H-pyrrole nitrogens is 1. The molecule has 1 unspecified atom stereocenters. The third-order valence-corrected chi connectivity index (χ3v) is 4.82. The van der Waals surface area contributed by atoms with Crippen molar-refractivity contribution in [2.45, 2.75) is 46.3 Å². The molecule has 0 radical (unpaired) electrons. The van der Waals surface area contributed by atoms with Crippen molar-refractivity contribution < 1.29 is 9.05 Å². The maximum atomic E-state index is 6.16. The van der Waals surface area contributed by atoms with Crippen LogP contribution >= 0.6 is 7.34 Å². The third kappa shape index (κ3) is 4.09. The van der Waals surface area contributed by atoms with Gasteiger partial charge in [0.2, 0.25) is 0 Å². The Kier molecular flexibility index (Phi) is 4.91. The van der Waals surface area contributed by atoms with Crippen LogP contribution in [0.2, 0.25) is 0 Å². The fourth-order valence-electron chi connectivity index (χ4n) is 1.47. The van der Waals surface area contributed by atoms with Crippen molar-refractivity contribution in [2.75, 3.05) is 0 Å². The minimum atomic E-state index is -2.43. The topological polar surface area (TPSA) is 60.0 Å². The van der Waals surface area contributed by atoms with Gasteiger partial charge in [-0.25, -0.2) is 0 Å². The molecule has 18 heavy (non-hydrogen) atoms. The van der Waals surface area contributed by atoms with Gasteiger partial charge in [-0.15, -0.1) is 5.10 Å². The molecule has 5 nitrogen and oxygen atoms in total. The van der Waals surface area contributed by atoms with Crippen LogP contribution in [0.1, 0.15) is 34.6 Å². The van der Waals surface area contributed by atoms with Crippen molar-refractivity contribution in [1.29, 1.82) is 0 Å². The van der Waals surface area contributed by atoms with E-state index in [0.29, 0.717) is 5.44 Å². The highest BCUT2D eigenvalue weighted by molar-refractivity contribution is 7.73. The van der Waals surface area contributed by atoms with Crippen molar-refractivity contribution in [2.24, 2.45) is 0 Å². The molecule has 102 valence electrons. The Morgan fingerprint density at radius 2 is 2.11 bits per heavy atom. The van der Waals surface area contributed by atoms with Gasteiger partial charge in [-0.2, -0.15) is 0 Å². The molecule has 6 heteroatoms. The first-order valence-corrected chi connectivity index (χ1v) is 7.60. The van der Waals surface area contributed by atoms with E-state index in [0.717, 1.165) is 0 Å². The summed E-state index contributed by atoms with van der Waals surface area (Å²) in [5, 5.41) is 10.5. The van der Waals surface area contributed by atoms with Crippen molar-refractivity contribution in [3.05, 3.63) is 18.9 Å². The smallest absolute Gasteiger partial charge is 0.177 e. The van der Waals surface area contributed by atoms with Gasteiger partial charge in [-0.3, -0.25) is 5.10 Å². The molecule has 0 spiro atoms. The zero-order chi connectivity index (χ0) is 13.8. The first-order chi connectivity index (χ1) is 8.29. The van der Waals surface area contributed by atoms with Gasteiger partial charge in [0, 0.05) is 0 Å². The molecule has 0 amide bonds. The molecule has 0 aliphatic carbocycles. The van der Waals surface area contributed by atoms with Crippen LogP contribution in [0.15, 0.2) is 18.9 Å². The lowest BCUT2D eigenvalue weighted by molar-refractivity contribution is 0.109. The van der Waals surface area contributed by atoms with Crippen LogP contribution in [-0.2, 0) is 9.05 Å². The highest BCUT2D eigenvalue weighted by Gasteiger charge is 2.31. The van der Waals surface area contributed by atoms with E-state index < -0.39 is 7.34 Å². The lowest BCUT2D eigenvalue weighted by Gasteiger charge is -2.32. The minimum absolute atomic E-state index is 0.0218. The number of allylic oxidation sites excluding steroid dienone is 1. The third-order valence-electron chi connectivity index (χ3n) is 1.80. The monoisotopic (exact) mass is 271 g/mol. The van der Waals surface area contributed by atoms with Gasteiger partial charge in [-0.1, -0.05) is 17.9 Å². The number of aromatic amines is 1. The number of rotatable bonds is 5. The first kappa shape index (κ1) is 15.2. The fourth-order valence-corrected chi connectivity index (χ4v) is 4.12. The molecule has 1 heterocycles. The maximum Gasteiger partial charge on any atom is 0.177 e. The van der Waals surface area contributed by atoms with Crippen molar-refractivity contribution >= 4 is 18.6 Å². The summed E-state index contributed by atoms with van der Waals surface area (Å²) in [6.07, 6.45) is 3.42. The summed E-state index contributed by atoms with van der Waals surface area (Å²) in [6.45, 7) is 13.7. The molecule has 0 saturated carbocycles. The molecule has 0 aliphatic rings. The van der Waals surface area contributed by atoms with Crippen molar-refractivity contribution in [1.82, 2.24) is 15.4 Å².